The summed E-state index contributed by atoms with van der Waals surface area (Å²) in [5.74, 6) is 0.760. The second-order valence-electron chi connectivity index (χ2n) is 4.13. The molecule has 4 nitrogen and oxygen atoms in total. The van der Waals surface area contributed by atoms with Gasteiger partial charge in [0.1, 0.15) is 17.1 Å². The van der Waals surface area contributed by atoms with Gasteiger partial charge in [-0.15, -0.1) is 0 Å². The van der Waals surface area contributed by atoms with Gasteiger partial charge in [0, 0.05) is 13.1 Å². The first-order valence-corrected chi connectivity index (χ1v) is 5.66. The predicted octanol–water partition coefficient (Wildman–Crippen LogP) is 2.70. The summed E-state index contributed by atoms with van der Waals surface area (Å²) in [6.45, 7) is 1.54. The van der Waals surface area contributed by atoms with Gasteiger partial charge in [0.15, 0.2) is 5.78 Å². The Bertz CT molecular complexity index is 759. The van der Waals surface area contributed by atoms with Gasteiger partial charge in [-0.1, -0.05) is 12.1 Å². The van der Waals surface area contributed by atoms with Gasteiger partial charge in [-0.25, -0.2) is 4.98 Å². The quantitative estimate of drug-likeness (QED) is 0.647. The molecule has 0 aliphatic rings. The third kappa shape index (κ3) is 1.39. The molecule has 3 aromatic rings. The summed E-state index contributed by atoms with van der Waals surface area (Å²) in [7, 11) is 1.63. The number of ketones is 1. The fourth-order valence-corrected chi connectivity index (χ4v) is 2.21. The molecule has 0 saturated carbocycles. The Balaban J connectivity index is 2.49. The first-order chi connectivity index (χ1) is 8.72. The maximum Gasteiger partial charge on any atom is 0.178 e. The van der Waals surface area contributed by atoms with Crippen LogP contribution in [0.3, 0.4) is 0 Å². The van der Waals surface area contributed by atoms with Crippen LogP contribution in [-0.4, -0.2) is 22.3 Å². The van der Waals surface area contributed by atoms with Crippen LogP contribution in [0, 0.1) is 0 Å². The summed E-state index contributed by atoms with van der Waals surface area (Å²) < 4.78 is 7.17. The molecule has 0 N–H and O–H groups in total. The van der Waals surface area contributed by atoms with E-state index in [9.17, 15) is 4.79 Å². The normalized spacial score (nSPS) is 11.0. The van der Waals surface area contributed by atoms with Crippen molar-refractivity contribution >= 4 is 22.2 Å². The summed E-state index contributed by atoms with van der Waals surface area (Å²) in [4.78, 5) is 15.9. The van der Waals surface area contributed by atoms with Gasteiger partial charge in [0.25, 0.3) is 0 Å². The molecule has 4 heteroatoms. The Labute approximate surface area is 104 Å². The third-order valence-electron chi connectivity index (χ3n) is 3.06. The van der Waals surface area contributed by atoms with Crippen LogP contribution < -0.4 is 4.74 Å². The van der Waals surface area contributed by atoms with Crippen molar-refractivity contribution in [1.29, 1.82) is 0 Å². The Morgan fingerprint density at radius 2 is 2.17 bits per heavy atom. The Morgan fingerprint density at radius 3 is 2.89 bits per heavy atom. The van der Waals surface area contributed by atoms with Crippen molar-refractivity contribution in [2.24, 2.45) is 0 Å². The Kier molecular flexibility index (Phi) is 2.30. The van der Waals surface area contributed by atoms with Crippen molar-refractivity contribution in [3.05, 3.63) is 42.4 Å². The molecule has 18 heavy (non-hydrogen) atoms. The number of pyridine rings is 1. The van der Waals surface area contributed by atoms with Gasteiger partial charge >= 0.3 is 0 Å². The molecule has 2 heterocycles. The van der Waals surface area contributed by atoms with Crippen LogP contribution in [0.5, 0.6) is 5.75 Å². The van der Waals surface area contributed by atoms with Crippen LogP contribution >= 0.6 is 0 Å². The lowest BCUT2D eigenvalue weighted by atomic mass is 10.1. The number of nitrogens with zero attached hydrogens (tertiary/aromatic N) is 2. The number of fused-ring (bicyclic) bond motifs is 3. The summed E-state index contributed by atoms with van der Waals surface area (Å²) in [6.07, 6.45) is 3.46. The number of benzene rings is 1. The van der Waals surface area contributed by atoms with Gasteiger partial charge < -0.3 is 4.74 Å². The SMILES string of the molecule is COc1cccc2ccn3c(C(C)=O)cnc3c12. The van der Waals surface area contributed by atoms with E-state index in [1.165, 1.54) is 6.92 Å². The summed E-state index contributed by atoms with van der Waals surface area (Å²) in [6, 6.07) is 7.79. The van der Waals surface area contributed by atoms with E-state index < -0.39 is 0 Å². The highest BCUT2D eigenvalue weighted by atomic mass is 16.5. The topological polar surface area (TPSA) is 43.6 Å². The lowest BCUT2D eigenvalue weighted by molar-refractivity contribution is 0.101. The van der Waals surface area contributed by atoms with Gasteiger partial charge in [0.2, 0.25) is 0 Å². The van der Waals surface area contributed by atoms with E-state index in [0.717, 1.165) is 22.2 Å². The van der Waals surface area contributed by atoms with E-state index in [2.05, 4.69) is 4.98 Å². The lowest BCUT2D eigenvalue weighted by Crippen LogP contribution is -1.98. The van der Waals surface area contributed by atoms with Crippen LogP contribution in [0.1, 0.15) is 17.4 Å². The fourth-order valence-electron chi connectivity index (χ4n) is 2.21. The number of imidazole rings is 1. The smallest absolute Gasteiger partial charge is 0.178 e. The van der Waals surface area contributed by atoms with Gasteiger partial charge in [-0.05, 0) is 17.5 Å². The van der Waals surface area contributed by atoms with E-state index in [0.29, 0.717) is 5.69 Å². The van der Waals surface area contributed by atoms with Crippen LogP contribution in [0.15, 0.2) is 36.7 Å². The minimum Gasteiger partial charge on any atom is -0.496 e. The molecule has 90 valence electrons. The molecule has 0 fully saturated rings. The number of carbonyl (C=O) groups excluding carboxylic acids is 1. The number of rotatable bonds is 2. The van der Waals surface area contributed by atoms with Crippen molar-refractivity contribution in [2.45, 2.75) is 6.92 Å². The zero-order chi connectivity index (χ0) is 12.7. The van der Waals surface area contributed by atoms with Crippen molar-refractivity contribution in [2.75, 3.05) is 7.11 Å². The average molecular weight is 240 g/mol. The number of methoxy groups -OCH3 is 1. The van der Waals surface area contributed by atoms with E-state index in [-0.39, 0.29) is 5.78 Å². The maximum atomic E-state index is 11.5. The molecular formula is C14H12N2O2. The van der Waals surface area contributed by atoms with Crippen LogP contribution in [-0.2, 0) is 0 Å². The lowest BCUT2D eigenvalue weighted by Gasteiger charge is -2.07. The molecule has 0 saturated heterocycles. The molecule has 1 aromatic carbocycles. The molecular weight excluding hydrogens is 228 g/mol. The first kappa shape index (κ1) is 10.8. The molecule has 0 bridgehead atoms. The summed E-state index contributed by atoms with van der Waals surface area (Å²) in [5, 5.41) is 1.97. The maximum absolute atomic E-state index is 11.5. The Morgan fingerprint density at radius 1 is 1.33 bits per heavy atom. The molecule has 0 aliphatic carbocycles. The van der Waals surface area contributed by atoms with E-state index in [1.54, 1.807) is 17.7 Å². The van der Waals surface area contributed by atoms with E-state index in [4.69, 9.17) is 4.74 Å². The molecule has 0 spiro atoms. The largest absolute Gasteiger partial charge is 0.496 e. The number of hydrogen-bond acceptors (Lipinski definition) is 3. The molecule has 3 rings (SSSR count). The van der Waals surface area contributed by atoms with Crippen molar-refractivity contribution in [3.8, 4) is 5.75 Å². The number of ether oxygens (including phenoxy) is 1. The zero-order valence-corrected chi connectivity index (χ0v) is 10.2. The highest BCUT2D eigenvalue weighted by molar-refractivity contribution is 6.01. The zero-order valence-electron chi connectivity index (χ0n) is 10.2. The molecule has 2 aromatic heterocycles. The monoisotopic (exact) mass is 240 g/mol. The average Bonchev–Trinajstić information content (AvgIpc) is 2.81. The third-order valence-corrected chi connectivity index (χ3v) is 3.06. The number of hydrogen-bond donors (Lipinski definition) is 0. The number of aromatic nitrogens is 2. The standard InChI is InChI=1S/C14H12N2O2/c1-9(17)11-8-15-14-13-10(6-7-16(11)14)4-3-5-12(13)18-2/h3-8H,1-2H3. The van der Waals surface area contributed by atoms with Gasteiger partial charge in [-0.2, -0.15) is 0 Å². The van der Waals surface area contributed by atoms with Crippen molar-refractivity contribution in [1.82, 2.24) is 9.38 Å². The summed E-state index contributed by atoms with van der Waals surface area (Å²) in [5.41, 5.74) is 1.33. The van der Waals surface area contributed by atoms with Crippen LogP contribution in [0.2, 0.25) is 0 Å². The van der Waals surface area contributed by atoms with Crippen molar-refractivity contribution in [3.63, 3.8) is 0 Å². The van der Waals surface area contributed by atoms with E-state index >= 15 is 0 Å². The van der Waals surface area contributed by atoms with E-state index in [1.807, 2.05) is 30.5 Å². The minimum absolute atomic E-state index is 0.00301. The van der Waals surface area contributed by atoms with Crippen LogP contribution in [0.4, 0.5) is 0 Å². The number of carbonyl (C=O) groups is 1. The van der Waals surface area contributed by atoms with Crippen molar-refractivity contribution < 1.29 is 9.53 Å². The minimum atomic E-state index is -0.00301. The fraction of sp³-hybridized carbons (Fsp3) is 0.143. The highest BCUT2D eigenvalue weighted by Gasteiger charge is 2.12. The number of Topliss-reactive ketones (excluding diaryl/α,β-unsaturated/α-hetero) is 1. The highest BCUT2D eigenvalue weighted by Crippen LogP contribution is 2.29. The second kappa shape index (κ2) is 3.84. The molecule has 0 radical (unpaired) electrons. The molecule has 0 atom stereocenters. The predicted molar refractivity (Wildman–Crippen MR) is 69.3 cm³/mol. The summed E-state index contributed by atoms with van der Waals surface area (Å²) >= 11 is 0. The van der Waals surface area contributed by atoms with Gasteiger partial charge in [-0.3, -0.25) is 9.20 Å². The first-order valence-electron chi connectivity index (χ1n) is 5.66. The van der Waals surface area contributed by atoms with Gasteiger partial charge in [0.05, 0.1) is 18.7 Å². The molecule has 0 aliphatic heterocycles. The Hall–Kier alpha value is -2.36. The molecule has 0 amide bonds. The molecule has 0 unspecified atom stereocenters. The van der Waals surface area contributed by atoms with Crippen LogP contribution in [0.25, 0.3) is 16.4 Å². The second-order valence-corrected chi connectivity index (χ2v) is 4.13.